The van der Waals surface area contributed by atoms with E-state index in [1.165, 1.54) is 37.6 Å². The fraction of sp³-hybridized carbons (Fsp3) is 0.0714. The molecule has 2 aromatic carbocycles. The first kappa shape index (κ1) is 15.0. The first-order valence-electron chi connectivity index (χ1n) is 5.86. The van der Waals surface area contributed by atoms with Crippen molar-refractivity contribution in [2.24, 2.45) is 4.99 Å². The van der Waals surface area contributed by atoms with E-state index >= 15 is 0 Å². The van der Waals surface area contributed by atoms with Crippen molar-refractivity contribution in [3.8, 4) is 11.5 Å². The van der Waals surface area contributed by atoms with Crippen LogP contribution in [-0.2, 0) is 0 Å². The van der Waals surface area contributed by atoms with Crippen LogP contribution in [-0.4, -0.2) is 23.4 Å². The summed E-state index contributed by atoms with van der Waals surface area (Å²) < 4.78 is 5.90. The van der Waals surface area contributed by atoms with Crippen LogP contribution in [0.25, 0.3) is 0 Å². The molecule has 0 bridgehead atoms. The quantitative estimate of drug-likeness (QED) is 0.515. The molecule has 0 aliphatic rings. The summed E-state index contributed by atoms with van der Waals surface area (Å²) in [6, 6.07) is 9.03. The number of rotatable bonds is 4. The Bertz CT molecular complexity index is 716. The molecule has 21 heavy (non-hydrogen) atoms. The van der Waals surface area contributed by atoms with E-state index < -0.39 is 4.92 Å². The van der Waals surface area contributed by atoms with Gasteiger partial charge < -0.3 is 9.84 Å². The van der Waals surface area contributed by atoms with Crippen LogP contribution >= 0.6 is 15.9 Å². The van der Waals surface area contributed by atoms with E-state index in [9.17, 15) is 15.2 Å². The van der Waals surface area contributed by atoms with Crippen LogP contribution in [0.15, 0.2) is 45.9 Å². The molecular formula is C14H11BrN2O4. The largest absolute Gasteiger partial charge is 0.507 e. The fourth-order valence-corrected chi connectivity index (χ4v) is 2.04. The molecule has 1 N–H and O–H groups in total. The summed E-state index contributed by atoms with van der Waals surface area (Å²) in [5.41, 5.74) is 0.713. The van der Waals surface area contributed by atoms with Gasteiger partial charge in [0.2, 0.25) is 0 Å². The van der Waals surface area contributed by atoms with Gasteiger partial charge in [-0.05, 0) is 24.3 Å². The zero-order chi connectivity index (χ0) is 15.4. The molecule has 0 aromatic heterocycles. The number of aliphatic imine (C=N–C) groups is 1. The molecule has 0 amide bonds. The highest BCUT2D eigenvalue weighted by atomic mass is 79.9. The number of aromatic hydroxyl groups is 1. The Morgan fingerprint density at radius 2 is 2.10 bits per heavy atom. The van der Waals surface area contributed by atoms with Gasteiger partial charge >= 0.3 is 0 Å². The average molecular weight is 351 g/mol. The summed E-state index contributed by atoms with van der Waals surface area (Å²) in [6.45, 7) is 0. The van der Waals surface area contributed by atoms with E-state index in [0.717, 1.165) is 4.47 Å². The number of halogens is 1. The molecule has 108 valence electrons. The molecule has 7 heteroatoms. The Morgan fingerprint density at radius 1 is 1.33 bits per heavy atom. The summed E-state index contributed by atoms with van der Waals surface area (Å²) in [5.74, 6) is 0.470. The summed E-state index contributed by atoms with van der Waals surface area (Å²) >= 11 is 3.29. The maximum atomic E-state index is 10.8. The van der Waals surface area contributed by atoms with E-state index in [2.05, 4.69) is 20.9 Å². The van der Waals surface area contributed by atoms with Gasteiger partial charge in [0.05, 0.1) is 12.0 Å². The Morgan fingerprint density at radius 3 is 2.76 bits per heavy atom. The van der Waals surface area contributed by atoms with E-state index in [1.807, 2.05) is 0 Å². The second-order valence-electron chi connectivity index (χ2n) is 4.07. The number of phenols is 1. The third-order valence-electron chi connectivity index (χ3n) is 2.71. The highest BCUT2D eigenvalue weighted by molar-refractivity contribution is 9.10. The normalized spacial score (nSPS) is 10.8. The molecule has 0 heterocycles. The first-order valence-corrected chi connectivity index (χ1v) is 6.65. The number of phenolic OH excluding ortho intramolecular Hbond substituents is 1. The topological polar surface area (TPSA) is 85.0 Å². The van der Waals surface area contributed by atoms with Crippen molar-refractivity contribution in [3.63, 3.8) is 0 Å². The van der Waals surface area contributed by atoms with E-state index in [4.69, 9.17) is 4.74 Å². The van der Waals surface area contributed by atoms with Crippen LogP contribution in [0.4, 0.5) is 11.4 Å². The molecular weight excluding hydrogens is 340 g/mol. The zero-order valence-electron chi connectivity index (χ0n) is 11.0. The van der Waals surface area contributed by atoms with Gasteiger partial charge in [-0.2, -0.15) is 0 Å². The maximum Gasteiger partial charge on any atom is 0.271 e. The molecule has 0 radical (unpaired) electrons. The molecule has 0 unspecified atom stereocenters. The van der Waals surface area contributed by atoms with Crippen LogP contribution in [0.5, 0.6) is 11.5 Å². The van der Waals surface area contributed by atoms with Gasteiger partial charge in [0.25, 0.3) is 5.69 Å². The van der Waals surface area contributed by atoms with Crippen molar-refractivity contribution in [1.29, 1.82) is 0 Å². The molecule has 0 spiro atoms. The lowest BCUT2D eigenvalue weighted by Crippen LogP contribution is -1.90. The zero-order valence-corrected chi connectivity index (χ0v) is 12.6. The third kappa shape index (κ3) is 3.57. The molecule has 0 saturated heterocycles. The van der Waals surface area contributed by atoms with E-state index in [-0.39, 0.29) is 11.4 Å². The molecule has 0 saturated carbocycles. The Kier molecular flexibility index (Phi) is 4.54. The third-order valence-corrected chi connectivity index (χ3v) is 3.20. The molecule has 2 rings (SSSR count). The van der Waals surface area contributed by atoms with Crippen molar-refractivity contribution in [2.45, 2.75) is 0 Å². The number of nitro groups is 1. The maximum absolute atomic E-state index is 10.8. The molecule has 2 aromatic rings. The second kappa shape index (κ2) is 6.36. The summed E-state index contributed by atoms with van der Waals surface area (Å²) in [6.07, 6.45) is 1.42. The predicted molar refractivity (Wildman–Crippen MR) is 82.7 cm³/mol. The van der Waals surface area contributed by atoms with Gasteiger partial charge in [0, 0.05) is 28.4 Å². The lowest BCUT2D eigenvalue weighted by atomic mass is 10.2. The number of hydrogen-bond donors (Lipinski definition) is 1. The lowest BCUT2D eigenvalue weighted by molar-refractivity contribution is -0.384. The Labute approximate surface area is 129 Å². The summed E-state index contributed by atoms with van der Waals surface area (Å²) in [5, 5.41) is 20.5. The summed E-state index contributed by atoms with van der Waals surface area (Å²) in [7, 11) is 1.46. The number of hydrogen-bond acceptors (Lipinski definition) is 5. The first-order chi connectivity index (χ1) is 10.0. The number of methoxy groups -OCH3 is 1. The van der Waals surface area contributed by atoms with Crippen LogP contribution in [0.3, 0.4) is 0 Å². The number of nitrogens with zero attached hydrogens (tertiary/aromatic N) is 2. The lowest BCUT2D eigenvalue weighted by Gasteiger charge is -2.04. The standard InChI is InChI=1S/C14H11BrN2O4/c1-21-14-5-3-11(17(19)20)7-12(14)16-8-9-6-10(15)2-4-13(9)18/h2-8,18H,1H3. The van der Waals surface area contributed by atoms with Crippen molar-refractivity contribution in [1.82, 2.24) is 0 Å². The summed E-state index contributed by atoms with van der Waals surface area (Å²) in [4.78, 5) is 14.4. The average Bonchev–Trinajstić information content (AvgIpc) is 2.47. The molecule has 6 nitrogen and oxygen atoms in total. The van der Waals surface area contributed by atoms with E-state index in [0.29, 0.717) is 17.0 Å². The van der Waals surface area contributed by atoms with Gasteiger partial charge in [0.15, 0.2) is 0 Å². The van der Waals surface area contributed by atoms with Crippen molar-refractivity contribution < 1.29 is 14.8 Å². The SMILES string of the molecule is COc1ccc([N+](=O)[O-])cc1N=Cc1cc(Br)ccc1O. The number of non-ortho nitro benzene ring substituents is 1. The van der Waals surface area contributed by atoms with Crippen LogP contribution in [0.1, 0.15) is 5.56 Å². The second-order valence-corrected chi connectivity index (χ2v) is 4.99. The minimum atomic E-state index is -0.505. The van der Waals surface area contributed by atoms with Crippen molar-refractivity contribution in [2.75, 3.05) is 7.11 Å². The molecule has 0 aliphatic carbocycles. The Hall–Kier alpha value is -2.41. The van der Waals surface area contributed by atoms with Crippen LogP contribution < -0.4 is 4.74 Å². The molecule has 0 fully saturated rings. The van der Waals surface area contributed by atoms with Gasteiger partial charge in [-0.3, -0.25) is 15.1 Å². The van der Waals surface area contributed by atoms with Crippen molar-refractivity contribution >= 4 is 33.5 Å². The number of ether oxygens (including phenoxy) is 1. The fourth-order valence-electron chi connectivity index (χ4n) is 1.66. The smallest absolute Gasteiger partial charge is 0.271 e. The molecule has 0 aliphatic heterocycles. The predicted octanol–water partition coefficient (Wildman–Crippen LogP) is 3.82. The van der Waals surface area contributed by atoms with Crippen LogP contribution in [0, 0.1) is 10.1 Å². The minimum Gasteiger partial charge on any atom is -0.507 e. The number of benzene rings is 2. The highest BCUT2D eigenvalue weighted by Gasteiger charge is 2.10. The van der Waals surface area contributed by atoms with Gasteiger partial charge in [-0.15, -0.1) is 0 Å². The molecule has 0 atom stereocenters. The van der Waals surface area contributed by atoms with Crippen molar-refractivity contribution in [3.05, 3.63) is 56.5 Å². The monoisotopic (exact) mass is 350 g/mol. The van der Waals surface area contributed by atoms with Gasteiger partial charge in [0.1, 0.15) is 17.2 Å². The van der Waals surface area contributed by atoms with Crippen LogP contribution in [0.2, 0.25) is 0 Å². The number of nitro benzene ring substituents is 1. The van der Waals surface area contributed by atoms with Gasteiger partial charge in [-0.1, -0.05) is 15.9 Å². The van der Waals surface area contributed by atoms with Gasteiger partial charge in [-0.25, -0.2) is 0 Å². The minimum absolute atomic E-state index is 0.0614. The van der Waals surface area contributed by atoms with E-state index in [1.54, 1.807) is 12.1 Å². The Balaban J connectivity index is 2.41. The highest BCUT2D eigenvalue weighted by Crippen LogP contribution is 2.31.